The third-order valence-electron chi connectivity index (χ3n) is 3.63. The first kappa shape index (κ1) is 18.3. The maximum absolute atomic E-state index is 12.2. The van der Waals surface area contributed by atoms with E-state index in [4.69, 9.17) is 5.73 Å². The molecule has 2 rings (SSSR count). The van der Waals surface area contributed by atoms with Crippen LogP contribution >= 0.6 is 0 Å². The van der Waals surface area contributed by atoms with Crippen LogP contribution in [0.3, 0.4) is 0 Å². The lowest BCUT2D eigenvalue weighted by Gasteiger charge is -2.33. The van der Waals surface area contributed by atoms with Gasteiger partial charge in [-0.05, 0) is 56.7 Å². The van der Waals surface area contributed by atoms with Crippen LogP contribution in [0, 0.1) is 0 Å². The van der Waals surface area contributed by atoms with E-state index in [0.29, 0.717) is 23.5 Å². The number of nitrogen functional groups attached to an aromatic ring is 1. The Morgan fingerprint density at radius 2 is 1.80 bits per heavy atom. The van der Waals surface area contributed by atoms with Gasteiger partial charge >= 0.3 is 6.09 Å². The molecule has 4 N–H and O–H groups in total. The van der Waals surface area contributed by atoms with Gasteiger partial charge in [-0.3, -0.25) is 9.69 Å². The minimum atomic E-state index is -1.02. The molecular formula is C19H23N3O3. The summed E-state index contributed by atoms with van der Waals surface area (Å²) in [7, 11) is 0. The number of benzene rings is 2. The molecule has 0 atom stereocenters. The van der Waals surface area contributed by atoms with Gasteiger partial charge in [-0.25, -0.2) is 4.79 Å². The van der Waals surface area contributed by atoms with Crippen LogP contribution in [0.4, 0.5) is 16.2 Å². The zero-order valence-corrected chi connectivity index (χ0v) is 14.6. The summed E-state index contributed by atoms with van der Waals surface area (Å²) in [6.45, 7) is 5.78. The molecule has 0 saturated carbocycles. The smallest absolute Gasteiger partial charge is 0.412 e. The molecule has 0 fully saturated rings. The average molecular weight is 341 g/mol. The van der Waals surface area contributed by atoms with Gasteiger partial charge in [-0.15, -0.1) is 0 Å². The van der Waals surface area contributed by atoms with E-state index >= 15 is 0 Å². The van der Waals surface area contributed by atoms with Crippen LogP contribution in [0.1, 0.15) is 36.7 Å². The maximum atomic E-state index is 12.2. The SMILES string of the molecule is CC(C)(C)N(C(=O)O)c1cccc(CNC(=O)c2cccc(N)c2)c1. The number of carboxylic acid groups (broad SMARTS) is 1. The fourth-order valence-electron chi connectivity index (χ4n) is 2.55. The van der Waals surface area contributed by atoms with E-state index in [1.165, 1.54) is 4.90 Å². The van der Waals surface area contributed by atoms with Crippen molar-refractivity contribution in [3.05, 3.63) is 59.7 Å². The molecular weight excluding hydrogens is 318 g/mol. The van der Waals surface area contributed by atoms with Gasteiger partial charge in [0.2, 0.25) is 0 Å². The number of carbonyl (C=O) groups is 2. The van der Waals surface area contributed by atoms with Crippen molar-refractivity contribution in [2.24, 2.45) is 0 Å². The first-order chi connectivity index (χ1) is 11.7. The van der Waals surface area contributed by atoms with Crippen molar-refractivity contribution in [3.63, 3.8) is 0 Å². The van der Waals surface area contributed by atoms with Crippen molar-refractivity contribution in [2.75, 3.05) is 10.6 Å². The molecule has 25 heavy (non-hydrogen) atoms. The molecule has 2 aromatic carbocycles. The highest BCUT2D eigenvalue weighted by molar-refractivity contribution is 5.95. The minimum Gasteiger partial charge on any atom is -0.465 e. The molecule has 132 valence electrons. The van der Waals surface area contributed by atoms with E-state index in [1.807, 2.05) is 26.8 Å². The Kier molecular flexibility index (Phi) is 5.32. The second-order valence-electron chi connectivity index (χ2n) is 6.77. The van der Waals surface area contributed by atoms with Crippen molar-refractivity contribution in [1.29, 1.82) is 0 Å². The van der Waals surface area contributed by atoms with E-state index in [1.54, 1.807) is 42.5 Å². The highest BCUT2D eigenvalue weighted by Gasteiger charge is 2.27. The Morgan fingerprint density at radius 3 is 2.40 bits per heavy atom. The molecule has 0 aliphatic rings. The van der Waals surface area contributed by atoms with E-state index < -0.39 is 11.6 Å². The topological polar surface area (TPSA) is 95.7 Å². The second kappa shape index (κ2) is 7.25. The van der Waals surface area contributed by atoms with Gasteiger partial charge in [0.25, 0.3) is 5.91 Å². The highest BCUT2D eigenvalue weighted by atomic mass is 16.4. The standard InChI is InChI=1S/C19H23N3O3/c1-19(2,3)22(18(24)25)16-9-4-6-13(10-16)12-21-17(23)14-7-5-8-15(20)11-14/h4-11H,12,20H2,1-3H3,(H,21,23)(H,24,25). The lowest BCUT2D eigenvalue weighted by molar-refractivity contribution is 0.0951. The zero-order chi connectivity index (χ0) is 18.6. The largest absolute Gasteiger partial charge is 0.465 e. The highest BCUT2D eigenvalue weighted by Crippen LogP contribution is 2.25. The van der Waals surface area contributed by atoms with Gasteiger partial charge < -0.3 is 16.2 Å². The number of rotatable bonds is 4. The molecule has 6 nitrogen and oxygen atoms in total. The van der Waals surface area contributed by atoms with Crippen LogP contribution in [-0.4, -0.2) is 22.6 Å². The molecule has 0 unspecified atom stereocenters. The summed E-state index contributed by atoms with van der Waals surface area (Å²) in [5.74, 6) is -0.233. The minimum absolute atomic E-state index is 0.233. The molecule has 0 spiro atoms. The fraction of sp³-hybridized carbons (Fsp3) is 0.263. The number of hydrogen-bond donors (Lipinski definition) is 3. The molecule has 0 aliphatic heterocycles. The number of nitrogens with one attached hydrogen (secondary N) is 1. The van der Waals surface area contributed by atoms with Crippen molar-refractivity contribution in [2.45, 2.75) is 32.9 Å². The zero-order valence-electron chi connectivity index (χ0n) is 14.6. The van der Waals surface area contributed by atoms with Gasteiger partial charge in [0.05, 0.1) is 0 Å². The Bertz CT molecular complexity index is 781. The van der Waals surface area contributed by atoms with Crippen molar-refractivity contribution in [1.82, 2.24) is 5.32 Å². The van der Waals surface area contributed by atoms with Gasteiger partial charge in [0, 0.05) is 29.0 Å². The van der Waals surface area contributed by atoms with Crippen LogP contribution < -0.4 is 16.0 Å². The Morgan fingerprint density at radius 1 is 1.12 bits per heavy atom. The summed E-state index contributed by atoms with van der Waals surface area (Å²) in [4.78, 5) is 25.1. The maximum Gasteiger partial charge on any atom is 0.412 e. The molecule has 0 saturated heterocycles. The summed E-state index contributed by atoms with van der Waals surface area (Å²) in [5, 5.41) is 12.3. The molecule has 2 aromatic rings. The number of carbonyl (C=O) groups excluding carboxylic acids is 1. The lowest BCUT2D eigenvalue weighted by atomic mass is 10.0. The summed E-state index contributed by atoms with van der Waals surface area (Å²) in [6, 6.07) is 13.9. The lowest BCUT2D eigenvalue weighted by Crippen LogP contribution is -2.45. The van der Waals surface area contributed by atoms with Gasteiger partial charge in [-0.2, -0.15) is 0 Å². The summed E-state index contributed by atoms with van der Waals surface area (Å²) in [5.41, 5.74) is 7.50. The number of nitrogens with two attached hydrogens (primary N) is 1. The van der Waals surface area contributed by atoms with Gasteiger partial charge in [0.1, 0.15) is 0 Å². The van der Waals surface area contributed by atoms with Crippen molar-refractivity contribution in [3.8, 4) is 0 Å². The van der Waals surface area contributed by atoms with E-state index in [9.17, 15) is 14.7 Å². The number of anilines is 2. The Hall–Kier alpha value is -3.02. The summed E-state index contributed by atoms with van der Waals surface area (Å²) < 4.78 is 0. The van der Waals surface area contributed by atoms with E-state index in [0.717, 1.165) is 5.56 Å². The monoisotopic (exact) mass is 341 g/mol. The van der Waals surface area contributed by atoms with Crippen molar-refractivity contribution >= 4 is 23.4 Å². The molecule has 6 heteroatoms. The summed E-state index contributed by atoms with van der Waals surface area (Å²) >= 11 is 0. The Labute approximate surface area is 147 Å². The van der Waals surface area contributed by atoms with E-state index in [2.05, 4.69) is 5.32 Å². The third kappa shape index (κ3) is 4.73. The molecule has 0 radical (unpaired) electrons. The van der Waals surface area contributed by atoms with Crippen LogP contribution in [0.15, 0.2) is 48.5 Å². The fourth-order valence-corrected chi connectivity index (χ4v) is 2.55. The van der Waals surface area contributed by atoms with Crippen LogP contribution in [0.25, 0.3) is 0 Å². The quantitative estimate of drug-likeness (QED) is 0.742. The molecule has 0 aromatic heterocycles. The van der Waals surface area contributed by atoms with Gasteiger partial charge in [0.15, 0.2) is 0 Å². The second-order valence-corrected chi connectivity index (χ2v) is 6.77. The molecule has 2 amide bonds. The molecule has 0 bridgehead atoms. The average Bonchev–Trinajstić information content (AvgIpc) is 2.51. The van der Waals surface area contributed by atoms with Crippen LogP contribution in [0.2, 0.25) is 0 Å². The first-order valence-corrected chi connectivity index (χ1v) is 7.94. The third-order valence-corrected chi connectivity index (χ3v) is 3.63. The van der Waals surface area contributed by atoms with Crippen LogP contribution in [-0.2, 0) is 6.54 Å². The first-order valence-electron chi connectivity index (χ1n) is 7.94. The number of nitrogens with zero attached hydrogens (tertiary/aromatic N) is 1. The number of hydrogen-bond acceptors (Lipinski definition) is 3. The predicted molar refractivity (Wildman–Crippen MR) is 98.7 cm³/mol. The number of amides is 2. The van der Waals surface area contributed by atoms with Gasteiger partial charge in [-0.1, -0.05) is 18.2 Å². The normalized spacial score (nSPS) is 11.0. The van der Waals surface area contributed by atoms with Crippen LogP contribution in [0.5, 0.6) is 0 Å². The van der Waals surface area contributed by atoms with Crippen molar-refractivity contribution < 1.29 is 14.7 Å². The molecule has 0 heterocycles. The summed E-state index contributed by atoms with van der Waals surface area (Å²) in [6.07, 6.45) is -1.02. The predicted octanol–water partition coefficient (Wildman–Crippen LogP) is 3.48. The van der Waals surface area contributed by atoms with E-state index in [-0.39, 0.29) is 5.91 Å². The molecule has 0 aliphatic carbocycles. The Balaban J connectivity index is 2.14.